The van der Waals surface area contributed by atoms with Crippen molar-refractivity contribution >= 4 is 45.7 Å². The van der Waals surface area contributed by atoms with Gasteiger partial charge in [0, 0.05) is 24.3 Å². The van der Waals surface area contributed by atoms with Crippen molar-refractivity contribution in [2.75, 3.05) is 14.1 Å². The molecule has 5 heteroatoms. The Balaban J connectivity index is 1.95. The molecule has 4 rings (SSSR count). The lowest BCUT2D eigenvalue weighted by Crippen LogP contribution is -2.45. The van der Waals surface area contributed by atoms with Gasteiger partial charge in [-0.25, -0.2) is 4.79 Å². The van der Waals surface area contributed by atoms with E-state index in [9.17, 15) is 9.59 Å². The van der Waals surface area contributed by atoms with Crippen LogP contribution in [0.25, 0.3) is 5.57 Å². The van der Waals surface area contributed by atoms with Crippen LogP contribution in [0.5, 0.6) is 0 Å². The first-order chi connectivity index (χ1) is 12.0. The number of carbonyl (C=O) groups excluding carboxylic acids is 2. The lowest BCUT2D eigenvalue weighted by molar-refractivity contribution is -0.412. The number of fused-ring (bicyclic) bond motifs is 1. The summed E-state index contributed by atoms with van der Waals surface area (Å²) in [6, 6.07) is 9.98. The lowest BCUT2D eigenvalue weighted by Gasteiger charge is -2.36. The number of hydrogen-bond acceptors (Lipinski definition) is 2. The Morgan fingerprint density at radius 2 is 1.80 bits per heavy atom. The van der Waals surface area contributed by atoms with E-state index in [1.807, 2.05) is 55.6 Å². The Morgan fingerprint density at radius 1 is 1.08 bits per heavy atom. The fraction of sp³-hybridized carbons (Fsp3) is 0.150. The van der Waals surface area contributed by atoms with Crippen LogP contribution in [0, 0.1) is 0 Å². The minimum Gasteiger partial charge on any atom is -0.324 e. The monoisotopic (exact) mass is 443 g/mol. The highest BCUT2D eigenvalue weighted by Crippen LogP contribution is 2.47. The normalized spacial score (nSPS) is 25.2. The van der Waals surface area contributed by atoms with Crippen molar-refractivity contribution in [3.8, 4) is 0 Å². The molecule has 3 aliphatic rings. The fourth-order valence-corrected chi connectivity index (χ4v) is 4.69. The zero-order chi connectivity index (χ0) is 17.8. The maximum absolute atomic E-state index is 12.7. The third-order valence-corrected chi connectivity index (χ3v) is 5.99. The molecule has 0 aromatic heterocycles. The Labute approximate surface area is 159 Å². The second-order valence-electron chi connectivity index (χ2n) is 6.29. The summed E-state index contributed by atoms with van der Waals surface area (Å²) < 4.78 is 2.35. The molecule has 2 aliphatic heterocycles. The van der Waals surface area contributed by atoms with E-state index in [4.69, 9.17) is 0 Å². The minimum absolute atomic E-state index is 0.00798. The van der Waals surface area contributed by atoms with Crippen molar-refractivity contribution < 1.29 is 14.2 Å². The van der Waals surface area contributed by atoms with Gasteiger partial charge >= 0.3 is 5.91 Å². The third-order valence-electron chi connectivity index (χ3n) is 4.99. The zero-order valence-corrected chi connectivity index (χ0v) is 16.0. The molecule has 25 heavy (non-hydrogen) atoms. The number of carbonyl (C=O) groups is 2. The van der Waals surface area contributed by atoms with Crippen LogP contribution in [0.3, 0.4) is 0 Å². The molecule has 0 fully saturated rings. The maximum Gasteiger partial charge on any atom is 0.412 e. The van der Waals surface area contributed by atoms with Gasteiger partial charge in [0.1, 0.15) is 12.6 Å². The standard InChI is InChI=1S/C20H16IN2O2/c1-22-15-10-11-20(12-14(15)8-9-16(22)24)17(13-6-4-3-5-7-13)18(21)19(25)23(20)2/h3-12H,1-2H3/q+1. The van der Waals surface area contributed by atoms with Gasteiger partial charge in [-0.15, -0.1) is 0 Å². The van der Waals surface area contributed by atoms with Crippen LogP contribution in [0.4, 0.5) is 0 Å². The maximum atomic E-state index is 12.7. The Morgan fingerprint density at radius 3 is 2.52 bits per heavy atom. The van der Waals surface area contributed by atoms with E-state index >= 15 is 0 Å². The van der Waals surface area contributed by atoms with E-state index in [2.05, 4.69) is 28.7 Å². The summed E-state index contributed by atoms with van der Waals surface area (Å²) in [5, 5.41) is 0. The summed E-state index contributed by atoms with van der Waals surface area (Å²) in [5.41, 5.74) is 3.17. The Bertz CT molecular complexity index is 967. The smallest absolute Gasteiger partial charge is 0.324 e. The van der Waals surface area contributed by atoms with Gasteiger partial charge in [-0.1, -0.05) is 30.3 Å². The molecular weight excluding hydrogens is 427 g/mol. The Hall–Kier alpha value is -2.28. The Kier molecular flexibility index (Phi) is 3.64. The summed E-state index contributed by atoms with van der Waals surface area (Å²) >= 11 is 2.14. The van der Waals surface area contributed by atoms with Crippen molar-refractivity contribution in [2.24, 2.45) is 0 Å². The van der Waals surface area contributed by atoms with Crippen LogP contribution >= 0.6 is 22.6 Å². The summed E-state index contributed by atoms with van der Waals surface area (Å²) in [7, 11) is 3.59. The molecule has 0 N–H and O–H groups in total. The number of amides is 2. The van der Waals surface area contributed by atoms with Crippen LogP contribution in [0.2, 0.25) is 0 Å². The average molecular weight is 443 g/mol. The first-order valence-corrected chi connectivity index (χ1v) is 9.02. The fourth-order valence-electron chi connectivity index (χ4n) is 3.58. The van der Waals surface area contributed by atoms with Crippen molar-refractivity contribution in [3.63, 3.8) is 0 Å². The van der Waals surface area contributed by atoms with E-state index in [1.54, 1.807) is 22.6 Å². The van der Waals surface area contributed by atoms with Crippen molar-refractivity contribution in [1.82, 2.24) is 4.90 Å². The zero-order valence-electron chi connectivity index (χ0n) is 13.9. The molecule has 0 bridgehead atoms. The molecule has 0 saturated carbocycles. The third kappa shape index (κ3) is 2.22. The topological polar surface area (TPSA) is 40.4 Å². The molecule has 1 aromatic rings. The van der Waals surface area contributed by atoms with E-state index < -0.39 is 5.54 Å². The number of allylic oxidation sites excluding steroid dienone is 3. The molecule has 124 valence electrons. The molecule has 0 radical (unpaired) electrons. The summed E-state index contributed by atoms with van der Waals surface area (Å²) in [5.74, 6) is -0.0365. The van der Waals surface area contributed by atoms with Crippen molar-refractivity contribution in [1.29, 1.82) is 0 Å². The van der Waals surface area contributed by atoms with Crippen LogP contribution in [0.15, 0.2) is 69.9 Å². The van der Waals surface area contributed by atoms with E-state index in [0.29, 0.717) is 0 Å². The molecule has 1 unspecified atom stereocenters. The molecule has 0 saturated heterocycles. The number of benzene rings is 1. The molecule has 1 aromatic carbocycles. The van der Waals surface area contributed by atoms with E-state index in [-0.39, 0.29) is 11.8 Å². The highest BCUT2D eigenvalue weighted by atomic mass is 127. The molecule has 1 spiro atoms. The van der Waals surface area contributed by atoms with Crippen LogP contribution in [-0.2, 0) is 9.59 Å². The van der Waals surface area contributed by atoms with Gasteiger partial charge in [-0.2, -0.15) is 4.58 Å². The quantitative estimate of drug-likeness (QED) is 0.495. The summed E-state index contributed by atoms with van der Waals surface area (Å²) in [4.78, 5) is 26.4. The number of likely N-dealkylation sites (N-methyl/N-ethyl adjacent to an activating group) is 2. The second kappa shape index (κ2) is 5.62. The first-order valence-electron chi connectivity index (χ1n) is 7.95. The van der Waals surface area contributed by atoms with Crippen molar-refractivity contribution in [3.05, 3.63) is 75.4 Å². The highest BCUT2D eigenvalue weighted by Gasteiger charge is 2.49. The SMILES string of the molecule is CN1C(=O)C(I)=C(c2ccccc2)C12C=CC1=[N+](C)C(=O)C=CC1=C2. The predicted molar refractivity (Wildman–Crippen MR) is 105 cm³/mol. The number of nitrogens with zero attached hydrogens (tertiary/aromatic N) is 2. The predicted octanol–water partition coefficient (Wildman–Crippen LogP) is 2.72. The largest absolute Gasteiger partial charge is 0.412 e. The summed E-state index contributed by atoms with van der Waals surface area (Å²) in [6.07, 6.45) is 9.43. The van der Waals surface area contributed by atoms with Crippen LogP contribution in [-0.4, -0.2) is 46.6 Å². The molecule has 4 nitrogen and oxygen atoms in total. The number of hydrogen-bond donors (Lipinski definition) is 0. The van der Waals surface area contributed by atoms with Crippen molar-refractivity contribution in [2.45, 2.75) is 5.54 Å². The second-order valence-corrected chi connectivity index (χ2v) is 7.37. The van der Waals surface area contributed by atoms with E-state index in [1.165, 1.54) is 0 Å². The van der Waals surface area contributed by atoms with E-state index in [0.717, 1.165) is 26.0 Å². The van der Waals surface area contributed by atoms with Gasteiger partial charge in [0.25, 0.3) is 5.91 Å². The van der Waals surface area contributed by atoms with Gasteiger partial charge in [-0.05, 0) is 46.4 Å². The molecule has 1 aliphatic carbocycles. The highest BCUT2D eigenvalue weighted by molar-refractivity contribution is 14.1. The molecular formula is C20H16IN2O2+. The van der Waals surface area contributed by atoms with Gasteiger partial charge in [0.2, 0.25) is 5.71 Å². The average Bonchev–Trinajstić information content (AvgIpc) is 2.80. The molecule has 2 heterocycles. The van der Waals surface area contributed by atoms with Gasteiger partial charge < -0.3 is 4.90 Å². The van der Waals surface area contributed by atoms with Gasteiger partial charge in [0.15, 0.2) is 0 Å². The molecule has 1 atom stereocenters. The van der Waals surface area contributed by atoms with Crippen LogP contribution in [0.1, 0.15) is 5.56 Å². The van der Waals surface area contributed by atoms with Gasteiger partial charge in [-0.3, -0.25) is 4.79 Å². The van der Waals surface area contributed by atoms with Crippen LogP contribution < -0.4 is 0 Å². The first kappa shape index (κ1) is 16.2. The van der Waals surface area contributed by atoms with Gasteiger partial charge in [0.05, 0.1) is 9.66 Å². The molecule has 2 amide bonds. The summed E-state index contributed by atoms with van der Waals surface area (Å²) in [6.45, 7) is 0. The lowest BCUT2D eigenvalue weighted by atomic mass is 9.79. The minimum atomic E-state index is -0.640. The number of halogens is 1. The number of rotatable bonds is 1.